The minimum Gasteiger partial charge on any atom is -0.376 e. The fourth-order valence-electron chi connectivity index (χ4n) is 12.4. The van der Waals surface area contributed by atoms with Crippen LogP contribution in [0.3, 0.4) is 0 Å². The van der Waals surface area contributed by atoms with Gasteiger partial charge in [0.2, 0.25) is 11.8 Å². The Morgan fingerprint density at radius 2 is 1.00 bits per heavy atom. The topological polar surface area (TPSA) is 134 Å². The van der Waals surface area contributed by atoms with Gasteiger partial charge in [-0.1, -0.05) is 12.1 Å². The lowest BCUT2D eigenvalue weighted by atomic mass is 9.86. The second-order valence-electron chi connectivity index (χ2n) is 21.5. The molecule has 70 heavy (non-hydrogen) atoms. The number of hydrogen-bond donors (Lipinski definition) is 2. The Labute approximate surface area is 413 Å². The molecule has 2 aromatic carbocycles. The van der Waals surface area contributed by atoms with Crippen LogP contribution in [0, 0.1) is 11.8 Å². The maximum absolute atomic E-state index is 14.0. The molecule has 10 heterocycles. The molecule has 14 nitrogen and oxygen atoms in total. The van der Waals surface area contributed by atoms with Crippen molar-refractivity contribution in [3.05, 3.63) is 84.2 Å². The van der Waals surface area contributed by atoms with Crippen LogP contribution < -0.4 is 30.2 Å². The lowest BCUT2D eigenvalue weighted by Gasteiger charge is -2.46. The smallest absolute Gasteiger partial charge is 0.230 e. The van der Waals surface area contributed by atoms with Gasteiger partial charge in [-0.15, -0.1) is 0 Å². The normalized spacial score (nSPS) is 27.7. The van der Waals surface area contributed by atoms with E-state index in [1.165, 1.54) is 24.2 Å². The Kier molecular flexibility index (Phi) is 13.7. The Bertz CT molecular complexity index is 2320. The number of piperidine rings is 2. The number of nitrogens with one attached hydrogen (secondary N) is 2. The third-order valence-electron chi connectivity index (χ3n) is 16.0. The summed E-state index contributed by atoms with van der Waals surface area (Å²) in [6.07, 6.45) is 17.1. The number of carbonyl (C=O) groups is 2. The summed E-state index contributed by atoms with van der Waals surface area (Å²) in [4.78, 5) is 46.2. The first-order valence-corrected chi connectivity index (χ1v) is 26.5. The Balaban J connectivity index is 0.000000152. The van der Waals surface area contributed by atoms with Gasteiger partial charge < -0.3 is 49.2 Å². The average Bonchev–Trinajstić information content (AvgIpc) is 3.67. The fourth-order valence-corrected chi connectivity index (χ4v) is 12.4. The number of pyridine rings is 2. The number of nitrogens with zero attached hydrogens (tertiary/aromatic N) is 6. The number of anilines is 8. The summed E-state index contributed by atoms with van der Waals surface area (Å²) in [5.41, 5.74) is 8.22. The number of carbonyl (C=O) groups excluding carboxylic acids is 2. The SMILES string of the molecule is CC(C)OC1CCC(C(=O)N2Cc3cccnc3Nc3ccc(N4CC5CCC4CO5)cc32)CC1.CC(C)OC1CCC(C(=O)N2Cc3cccnc3Nc3ccc(N4CC5CCC4CO5)cc32)CC1. The van der Waals surface area contributed by atoms with Crippen LogP contribution in [0.1, 0.15) is 116 Å². The standard InChI is InChI=1S/2C28H36N4O3/c2*1-18(2)35-23-9-5-19(6-10-23)28(33)32-15-20-4-3-13-29-27(20)30-25-12-8-21(14-26(25)32)31-16-24-11-7-22(31)17-34-24/h2*3-4,8,12-14,18-19,22-24H,5-7,9-11,15-17H2,1-2H3,(H,29,30). The molecule has 4 atom stereocenters. The van der Waals surface area contributed by atoms with Gasteiger partial charge in [0, 0.05) is 59.8 Å². The van der Waals surface area contributed by atoms with Gasteiger partial charge in [0.25, 0.3) is 0 Å². The summed E-state index contributed by atoms with van der Waals surface area (Å²) in [7, 11) is 0. The van der Waals surface area contributed by atoms with E-state index in [1.807, 2.05) is 21.9 Å². The van der Waals surface area contributed by atoms with Gasteiger partial charge >= 0.3 is 0 Å². The summed E-state index contributed by atoms with van der Waals surface area (Å²) < 4.78 is 23.9. The average molecular weight is 953 g/mol. The van der Waals surface area contributed by atoms with E-state index in [1.54, 1.807) is 12.4 Å². The number of morpholine rings is 2. The van der Waals surface area contributed by atoms with Crippen molar-refractivity contribution in [1.29, 1.82) is 0 Å². The molecule has 2 N–H and O–H groups in total. The predicted octanol–water partition coefficient (Wildman–Crippen LogP) is 10.0. The minimum atomic E-state index is 0.0242. The lowest BCUT2D eigenvalue weighted by molar-refractivity contribution is -0.125. The molecule has 2 amide bonds. The molecule has 8 fully saturated rings. The van der Waals surface area contributed by atoms with Crippen LogP contribution in [-0.2, 0) is 41.6 Å². The minimum absolute atomic E-state index is 0.0242. The molecule has 14 heteroatoms. The monoisotopic (exact) mass is 953 g/mol. The summed E-state index contributed by atoms with van der Waals surface area (Å²) in [5, 5.41) is 7.03. The predicted molar refractivity (Wildman–Crippen MR) is 274 cm³/mol. The summed E-state index contributed by atoms with van der Waals surface area (Å²) in [6.45, 7) is 12.8. The zero-order valence-electron chi connectivity index (χ0n) is 41.6. The van der Waals surface area contributed by atoms with Crippen molar-refractivity contribution in [2.75, 3.05) is 56.5 Å². The molecule has 14 rings (SSSR count). The van der Waals surface area contributed by atoms with Crippen molar-refractivity contribution in [3.63, 3.8) is 0 Å². The van der Waals surface area contributed by atoms with Crippen LogP contribution >= 0.6 is 0 Å². The molecule has 372 valence electrons. The van der Waals surface area contributed by atoms with E-state index in [2.05, 4.69) is 107 Å². The van der Waals surface area contributed by atoms with Crippen LogP contribution in [0.2, 0.25) is 0 Å². The van der Waals surface area contributed by atoms with E-state index in [4.69, 9.17) is 18.9 Å². The van der Waals surface area contributed by atoms with Crippen LogP contribution in [-0.4, -0.2) is 96.8 Å². The summed E-state index contributed by atoms with van der Waals surface area (Å²) >= 11 is 0. The molecule has 4 bridgehead atoms. The van der Waals surface area contributed by atoms with Crippen LogP contribution in [0.25, 0.3) is 0 Å². The first-order chi connectivity index (χ1) is 34.1. The zero-order valence-corrected chi connectivity index (χ0v) is 41.6. The largest absolute Gasteiger partial charge is 0.376 e. The van der Waals surface area contributed by atoms with Crippen molar-refractivity contribution in [2.45, 2.75) is 167 Å². The van der Waals surface area contributed by atoms with Gasteiger partial charge in [-0.05, 0) is 153 Å². The van der Waals surface area contributed by atoms with Crippen LogP contribution in [0.5, 0.6) is 0 Å². The van der Waals surface area contributed by atoms with Gasteiger partial charge in [-0.25, -0.2) is 9.97 Å². The summed E-state index contributed by atoms with van der Waals surface area (Å²) in [5.74, 6) is 2.14. The number of benzene rings is 2. The highest BCUT2D eigenvalue weighted by Gasteiger charge is 2.39. The second-order valence-corrected chi connectivity index (χ2v) is 21.5. The Morgan fingerprint density at radius 3 is 1.36 bits per heavy atom. The van der Waals surface area contributed by atoms with Crippen molar-refractivity contribution in [2.24, 2.45) is 11.8 Å². The van der Waals surface area contributed by atoms with Gasteiger partial charge in [-0.3, -0.25) is 9.59 Å². The molecule has 0 radical (unpaired) electrons. The zero-order chi connectivity index (χ0) is 47.9. The van der Waals surface area contributed by atoms with Crippen LogP contribution in [0.15, 0.2) is 73.1 Å². The first kappa shape index (κ1) is 47.1. The quantitative estimate of drug-likeness (QED) is 0.174. The number of ether oxygens (including phenoxy) is 4. The molecule has 8 aliphatic heterocycles. The number of amides is 2. The van der Waals surface area contributed by atoms with E-state index < -0.39 is 0 Å². The van der Waals surface area contributed by atoms with Gasteiger partial charge in [0.15, 0.2) is 0 Å². The third-order valence-corrected chi connectivity index (χ3v) is 16.0. The highest BCUT2D eigenvalue weighted by atomic mass is 16.5. The lowest BCUT2D eigenvalue weighted by Crippen LogP contribution is -2.54. The molecule has 2 saturated carbocycles. The molecule has 2 aliphatic carbocycles. The number of rotatable bonds is 8. The number of fused-ring (bicyclic) bond motifs is 10. The van der Waals surface area contributed by atoms with E-state index in [0.29, 0.717) is 37.4 Å². The van der Waals surface area contributed by atoms with Crippen LogP contribution in [0.4, 0.5) is 45.8 Å². The summed E-state index contributed by atoms with van der Waals surface area (Å²) in [6, 6.07) is 21.9. The maximum Gasteiger partial charge on any atom is 0.230 e. The van der Waals surface area contributed by atoms with E-state index in [0.717, 1.165) is 136 Å². The molecular formula is C56H72N8O6. The maximum atomic E-state index is 14.0. The highest BCUT2D eigenvalue weighted by Crippen LogP contribution is 2.44. The van der Waals surface area contributed by atoms with Gasteiger partial charge in [-0.2, -0.15) is 0 Å². The molecule has 4 unspecified atom stereocenters. The van der Waals surface area contributed by atoms with E-state index in [9.17, 15) is 9.59 Å². The first-order valence-electron chi connectivity index (χ1n) is 26.5. The fraction of sp³-hybridized carbons (Fsp3) is 0.571. The highest BCUT2D eigenvalue weighted by molar-refractivity contribution is 6.01. The van der Waals surface area contributed by atoms with Gasteiger partial charge in [0.05, 0.1) is 97.8 Å². The molecule has 4 aromatic rings. The number of aromatic nitrogens is 2. The van der Waals surface area contributed by atoms with Gasteiger partial charge in [0.1, 0.15) is 11.6 Å². The van der Waals surface area contributed by atoms with Crippen molar-refractivity contribution in [3.8, 4) is 0 Å². The van der Waals surface area contributed by atoms with Crippen molar-refractivity contribution < 1.29 is 28.5 Å². The Hall–Kier alpha value is -5.28. The molecule has 10 aliphatic rings. The van der Waals surface area contributed by atoms with Crippen molar-refractivity contribution >= 4 is 57.6 Å². The number of hydrogen-bond acceptors (Lipinski definition) is 12. The molecular weight excluding hydrogens is 881 g/mol. The molecule has 0 spiro atoms. The molecule has 2 aromatic heterocycles. The second kappa shape index (κ2) is 20.4. The van der Waals surface area contributed by atoms with Crippen molar-refractivity contribution in [1.82, 2.24) is 9.97 Å². The van der Waals surface area contributed by atoms with E-state index >= 15 is 0 Å². The van der Waals surface area contributed by atoms with E-state index in [-0.39, 0.29) is 48.1 Å². The third kappa shape index (κ3) is 9.98. The Morgan fingerprint density at radius 1 is 0.571 bits per heavy atom. The molecule has 6 saturated heterocycles.